The van der Waals surface area contributed by atoms with Gasteiger partial charge in [0, 0.05) is 6.54 Å². The lowest BCUT2D eigenvalue weighted by atomic mass is 10.1. The van der Waals surface area contributed by atoms with Gasteiger partial charge in [-0.25, -0.2) is 0 Å². The number of hydrogen-bond donors (Lipinski definition) is 1. The van der Waals surface area contributed by atoms with Crippen LogP contribution in [0.5, 0.6) is 5.75 Å². The van der Waals surface area contributed by atoms with E-state index < -0.39 is 0 Å². The molecule has 0 spiro atoms. The monoisotopic (exact) mass is 237 g/mol. The Morgan fingerprint density at radius 2 is 1.88 bits per heavy atom. The summed E-state index contributed by atoms with van der Waals surface area (Å²) in [5, 5.41) is 0. The van der Waals surface area contributed by atoms with E-state index in [1.54, 1.807) is 7.11 Å². The van der Waals surface area contributed by atoms with Crippen LogP contribution in [0.3, 0.4) is 0 Å². The van der Waals surface area contributed by atoms with Crippen molar-refractivity contribution in [1.29, 1.82) is 0 Å². The van der Waals surface area contributed by atoms with Gasteiger partial charge in [0.25, 0.3) is 0 Å². The van der Waals surface area contributed by atoms with E-state index in [1.165, 1.54) is 0 Å². The van der Waals surface area contributed by atoms with Crippen LogP contribution in [0.25, 0.3) is 0 Å². The topological polar surface area (TPSA) is 44.5 Å². The molecule has 0 saturated heterocycles. The van der Waals surface area contributed by atoms with Gasteiger partial charge in [-0.3, -0.25) is 0 Å². The van der Waals surface area contributed by atoms with Gasteiger partial charge in [-0.15, -0.1) is 0 Å². The Kier molecular flexibility index (Phi) is 6.01. The molecule has 3 heteroatoms. The molecule has 2 atom stereocenters. The lowest BCUT2D eigenvalue weighted by Crippen LogP contribution is -2.20. The number of hydrogen-bond acceptors (Lipinski definition) is 3. The number of ether oxygens (including phenoxy) is 2. The summed E-state index contributed by atoms with van der Waals surface area (Å²) in [6.07, 6.45) is 2.41. The highest BCUT2D eigenvalue weighted by atomic mass is 16.5. The quantitative estimate of drug-likeness (QED) is 0.793. The molecule has 17 heavy (non-hydrogen) atoms. The Morgan fingerprint density at radius 3 is 2.35 bits per heavy atom. The van der Waals surface area contributed by atoms with Crippen molar-refractivity contribution in [1.82, 2.24) is 0 Å². The third-order valence-corrected chi connectivity index (χ3v) is 2.79. The highest BCUT2D eigenvalue weighted by molar-refractivity contribution is 5.28. The summed E-state index contributed by atoms with van der Waals surface area (Å²) < 4.78 is 11.1. The Labute approximate surface area is 104 Å². The summed E-state index contributed by atoms with van der Waals surface area (Å²) in [5.74, 6) is 0.853. The summed E-state index contributed by atoms with van der Waals surface area (Å²) in [5.41, 5.74) is 6.87. The second-order valence-corrected chi connectivity index (χ2v) is 4.23. The van der Waals surface area contributed by atoms with Crippen molar-refractivity contribution in [2.24, 2.45) is 5.73 Å². The molecule has 0 aliphatic rings. The van der Waals surface area contributed by atoms with Crippen molar-refractivity contribution >= 4 is 0 Å². The number of methoxy groups -OCH3 is 1. The molecule has 1 aromatic rings. The SMILES string of the molecule is CCCC(C)OC(CN)c1ccc(OC)cc1. The van der Waals surface area contributed by atoms with Gasteiger partial charge in [-0.1, -0.05) is 25.5 Å². The fourth-order valence-corrected chi connectivity index (χ4v) is 1.84. The Balaban J connectivity index is 2.65. The summed E-state index contributed by atoms with van der Waals surface area (Å²) in [4.78, 5) is 0. The normalized spacial score (nSPS) is 14.4. The van der Waals surface area contributed by atoms with Crippen molar-refractivity contribution in [2.75, 3.05) is 13.7 Å². The zero-order valence-corrected chi connectivity index (χ0v) is 11.0. The lowest BCUT2D eigenvalue weighted by molar-refractivity contribution is -0.00284. The van der Waals surface area contributed by atoms with Gasteiger partial charge in [0.05, 0.1) is 19.3 Å². The second kappa shape index (κ2) is 7.30. The molecule has 0 heterocycles. The predicted octanol–water partition coefficient (Wildman–Crippen LogP) is 2.90. The number of benzene rings is 1. The minimum absolute atomic E-state index is 0.0255. The van der Waals surface area contributed by atoms with Crippen LogP contribution in [-0.4, -0.2) is 19.8 Å². The Morgan fingerprint density at radius 1 is 1.24 bits per heavy atom. The van der Waals surface area contributed by atoms with Crippen LogP contribution in [0.1, 0.15) is 38.4 Å². The summed E-state index contributed by atoms with van der Waals surface area (Å²) in [6, 6.07) is 7.89. The van der Waals surface area contributed by atoms with E-state index in [0.717, 1.165) is 24.2 Å². The van der Waals surface area contributed by atoms with Crippen LogP contribution in [0.4, 0.5) is 0 Å². The summed E-state index contributed by atoms with van der Waals surface area (Å²) in [7, 11) is 1.66. The van der Waals surface area contributed by atoms with E-state index in [0.29, 0.717) is 6.54 Å². The molecule has 1 aromatic carbocycles. The van der Waals surface area contributed by atoms with Crippen LogP contribution in [-0.2, 0) is 4.74 Å². The smallest absolute Gasteiger partial charge is 0.118 e. The van der Waals surface area contributed by atoms with Gasteiger partial charge in [-0.05, 0) is 31.0 Å². The molecule has 0 bridgehead atoms. The highest BCUT2D eigenvalue weighted by Crippen LogP contribution is 2.22. The minimum Gasteiger partial charge on any atom is -0.497 e. The van der Waals surface area contributed by atoms with Crippen LogP contribution >= 0.6 is 0 Å². The van der Waals surface area contributed by atoms with Gasteiger partial charge in [0.1, 0.15) is 5.75 Å². The third kappa shape index (κ3) is 4.36. The van der Waals surface area contributed by atoms with E-state index >= 15 is 0 Å². The van der Waals surface area contributed by atoms with Gasteiger partial charge in [0.2, 0.25) is 0 Å². The standard InChI is InChI=1S/C14H23NO2/c1-4-5-11(2)17-14(10-15)12-6-8-13(16-3)9-7-12/h6-9,11,14H,4-5,10,15H2,1-3H3. The third-order valence-electron chi connectivity index (χ3n) is 2.79. The van der Waals surface area contributed by atoms with Crippen LogP contribution in [0, 0.1) is 0 Å². The zero-order valence-electron chi connectivity index (χ0n) is 11.0. The average molecular weight is 237 g/mol. The summed E-state index contributed by atoms with van der Waals surface area (Å²) in [6.45, 7) is 4.75. The van der Waals surface area contributed by atoms with Gasteiger partial charge < -0.3 is 15.2 Å². The number of rotatable bonds is 7. The molecule has 0 radical (unpaired) electrons. The molecule has 3 nitrogen and oxygen atoms in total. The average Bonchev–Trinajstić information content (AvgIpc) is 2.36. The zero-order chi connectivity index (χ0) is 12.7. The molecule has 0 saturated carbocycles. The van der Waals surface area contributed by atoms with Gasteiger partial charge in [0.15, 0.2) is 0 Å². The van der Waals surface area contributed by atoms with E-state index in [2.05, 4.69) is 13.8 Å². The van der Waals surface area contributed by atoms with Crippen molar-refractivity contribution in [2.45, 2.75) is 38.9 Å². The first kappa shape index (κ1) is 14.0. The van der Waals surface area contributed by atoms with E-state index in [-0.39, 0.29) is 12.2 Å². The Bertz CT molecular complexity index is 311. The van der Waals surface area contributed by atoms with Crippen molar-refractivity contribution < 1.29 is 9.47 Å². The first-order valence-electron chi connectivity index (χ1n) is 6.20. The van der Waals surface area contributed by atoms with Gasteiger partial charge >= 0.3 is 0 Å². The molecular formula is C14H23NO2. The molecule has 0 aliphatic heterocycles. The first-order valence-corrected chi connectivity index (χ1v) is 6.20. The molecular weight excluding hydrogens is 214 g/mol. The lowest BCUT2D eigenvalue weighted by Gasteiger charge is -2.21. The largest absolute Gasteiger partial charge is 0.497 e. The molecule has 0 aromatic heterocycles. The van der Waals surface area contributed by atoms with E-state index in [9.17, 15) is 0 Å². The maximum absolute atomic E-state index is 5.93. The molecule has 0 fully saturated rings. The molecule has 0 aliphatic carbocycles. The van der Waals surface area contributed by atoms with Crippen LogP contribution < -0.4 is 10.5 Å². The second-order valence-electron chi connectivity index (χ2n) is 4.23. The van der Waals surface area contributed by atoms with Crippen molar-refractivity contribution in [3.63, 3.8) is 0 Å². The minimum atomic E-state index is -0.0255. The Hall–Kier alpha value is -1.06. The van der Waals surface area contributed by atoms with E-state index in [4.69, 9.17) is 15.2 Å². The molecule has 2 N–H and O–H groups in total. The van der Waals surface area contributed by atoms with Gasteiger partial charge in [-0.2, -0.15) is 0 Å². The highest BCUT2D eigenvalue weighted by Gasteiger charge is 2.13. The maximum atomic E-state index is 5.93. The fraction of sp³-hybridized carbons (Fsp3) is 0.571. The molecule has 0 amide bonds. The van der Waals surface area contributed by atoms with Crippen LogP contribution in [0.15, 0.2) is 24.3 Å². The molecule has 96 valence electrons. The molecule has 1 rings (SSSR count). The summed E-state index contributed by atoms with van der Waals surface area (Å²) >= 11 is 0. The fourth-order valence-electron chi connectivity index (χ4n) is 1.84. The van der Waals surface area contributed by atoms with Crippen molar-refractivity contribution in [3.05, 3.63) is 29.8 Å². The first-order chi connectivity index (χ1) is 8.21. The van der Waals surface area contributed by atoms with Crippen LogP contribution in [0.2, 0.25) is 0 Å². The number of nitrogens with two attached hydrogens (primary N) is 1. The molecule has 2 unspecified atom stereocenters. The maximum Gasteiger partial charge on any atom is 0.118 e. The predicted molar refractivity (Wildman–Crippen MR) is 70.2 cm³/mol. The van der Waals surface area contributed by atoms with E-state index in [1.807, 2.05) is 24.3 Å². The van der Waals surface area contributed by atoms with Crippen molar-refractivity contribution in [3.8, 4) is 5.75 Å².